The van der Waals surface area contributed by atoms with Gasteiger partial charge in [-0.2, -0.15) is 0 Å². The number of hydrogen-bond acceptors (Lipinski definition) is 6. The van der Waals surface area contributed by atoms with Gasteiger partial charge in [0.05, 0.1) is 30.3 Å². The van der Waals surface area contributed by atoms with Crippen LogP contribution in [0.3, 0.4) is 0 Å². The number of para-hydroxylation sites is 1. The maximum Gasteiger partial charge on any atom is 0.355 e. The normalized spacial score (nSPS) is 11.5. The number of esters is 2. The van der Waals surface area contributed by atoms with E-state index >= 15 is 0 Å². The molecule has 0 atom stereocenters. The van der Waals surface area contributed by atoms with Crippen LogP contribution in [-0.4, -0.2) is 30.1 Å². The number of benzene rings is 2. The molecule has 1 aromatic heterocycles. The monoisotopic (exact) mass is 420 g/mol. The molecule has 6 heteroatoms. The lowest BCUT2D eigenvalue weighted by Gasteiger charge is -2.14. The Morgan fingerprint density at radius 1 is 0.968 bits per heavy atom. The van der Waals surface area contributed by atoms with Crippen LogP contribution in [0.4, 0.5) is 5.69 Å². The van der Waals surface area contributed by atoms with Gasteiger partial charge in [0.2, 0.25) is 0 Å². The van der Waals surface area contributed by atoms with Crippen molar-refractivity contribution in [3.05, 3.63) is 59.8 Å². The fourth-order valence-electron chi connectivity index (χ4n) is 3.49. The number of rotatable bonds is 9. The molecule has 3 rings (SSSR count). The summed E-state index contributed by atoms with van der Waals surface area (Å²) in [5.74, 6) is -1.23. The van der Waals surface area contributed by atoms with Gasteiger partial charge in [-0.3, -0.25) is 0 Å². The number of aryl methyl sites for hydroxylation is 1. The average molecular weight is 421 g/mol. The van der Waals surface area contributed by atoms with E-state index < -0.39 is 11.9 Å². The first kappa shape index (κ1) is 22.3. The third kappa shape index (κ3) is 5.40. The number of anilines is 1. The molecular formula is C25H28N2O4. The highest BCUT2D eigenvalue weighted by atomic mass is 16.5. The third-order valence-corrected chi connectivity index (χ3v) is 4.90. The molecular weight excluding hydrogens is 392 g/mol. The van der Waals surface area contributed by atoms with Crippen LogP contribution in [0.15, 0.2) is 54.2 Å². The van der Waals surface area contributed by atoms with E-state index in [-0.39, 0.29) is 18.9 Å². The highest BCUT2D eigenvalue weighted by Crippen LogP contribution is 2.29. The van der Waals surface area contributed by atoms with Crippen molar-refractivity contribution in [1.82, 2.24) is 4.98 Å². The van der Waals surface area contributed by atoms with Crippen molar-refractivity contribution in [2.45, 2.75) is 40.0 Å². The first-order valence-electron chi connectivity index (χ1n) is 10.7. The van der Waals surface area contributed by atoms with Gasteiger partial charge in [-0.1, -0.05) is 37.6 Å². The molecule has 0 bridgehead atoms. The van der Waals surface area contributed by atoms with Crippen molar-refractivity contribution in [3.63, 3.8) is 0 Å². The van der Waals surface area contributed by atoms with Crippen LogP contribution >= 0.6 is 0 Å². The number of aromatic nitrogens is 1. The minimum Gasteiger partial charge on any atom is -0.463 e. The highest BCUT2D eigenvalue weighted by Gasteiger charge is 2.15. The van der Waals surface area contributed by atoms with Gasteiger partial charge in [0, 0.05) is 16.5 Å². The zero-order valence-corrected chi connectivity index (χ0v) is 18.2. The summed E-state index contributed by atoms with van der Waals surface area (Å²) in [6, 6.07) is 13.9. The predicted octanol–water partition coefficient (Wildman–Crippen LogP) is 5.15. The van der Waals surface area contributed by atoms with Crippen molar-refractivity contribution in [2.75, 3.05) is 18.5 Å². The van der Waals surface area contributed by atoms with Gasteiger partial charge < -0.3 is 14.8 Å². The molecule has 0 saturated heterocycles. The Morgan fingerprint density at radius 2 is 1.71 bits per heavy atom. The number of ether oxygens (including phenoxy) is 2. The Kier molecular flexibility index (Phi) is 7.60. The van der Waals surface area contributed by atoms with Crippen LogP contribution < -0.4 is 5.32 Å². The Bertz CT molecular complexity index is 1120. The second-order valence-corrected chi connectivity index (χ2v) is 7.10. The van der Waals surface area contributed by atoms with E-state index in [0.717, 1.165) is 41.8 Å². The molecule has 0 radical (unpaired) electrons. The van der Waals surface area contributed by atoms with Crippen molar-refractivity contribution in [3.8, 4) is 0 Å². The number of carbonyl (C=O) groups is 2. The number of carbonyl (C=O) groups excluding carboxylic acids is 2. The minimum absolute atomic E-state index is 0.0200. The SMILES string of the molecule is CCCCc1c2ccccc2nc2cc(NC(=CC(=O)OCC)C(=O)OCC)ccc12. The number of fused-ring (bicyclic) bond motifs is 2. The fourth-order valence-corrected chi connectivity index (χ4v) is 3.49. The Balaban J connectivity index is 2.03. The van der Waals surface area contributed by atoms with Crippen LogP contribution in [0.1, 0.15) is 39.2 Å². The fraction of sp³-hybridized carbons (Fsp3) is 0.320. The summed E-state index contributed by atoms with van der Waals surface area (Å²) in [6.45, 7) is 6.02. The Hall–Kier alpha value is -3.41. The Labute approximate surface area is 182 Å². The van der Waals surface area contributed by atoms with Gasteiger partial charge in [0.25, 0.3) is 0 Å². The maximum atomic E-state index is 12.3. The number of nitrogens with zero attached hydrogens (tertiary/aromatic N) is 1. The quantitative estimate of drug-likeness (QED) is 0.293. The number of pyridine rings is 1. The second-order valence-electron chi connectivity index (χ2n) is 7.10. The van der Waals surface area contributed by atoms with Gasteiger partial charge >= 0.3 is 11.9 Å². The predicted molar refractivity (Wildman–Crippen MR) is 123 cm³/mol. The molecule has 31 heavy (non-hydrogen) atoms. The van der Waals surface area contributed by atoms with Crippen LogP contribution in [-0.2, 0) is 25.5 Å². The summed E-state index contributed by atoms with van der Waals surface area (Å²) in [7, 11) is 0. The van der Waals surface area contributed by atoms with Crippen molar-refractivity contribution >= 4 is 39.4 Å². The van der Waals surface area contributed by atoms with E-state index in [9.17, 15) is 9.59 Å². The molecule has 162 valence electrons. The van der Waals surface area contributed by atoms with E-state index in [2.05, 4.69) is 18.3 Å². The molecule has 6 nitrogen and oxygen atoms in total. The van der Waals surface area contributed by atoms with Gasteiger partial charge in [-0.15, -0.1) is 0 Å². The lowest BCUT2D eigenvalue weighted by Crippen LogP contribution is -2.17. The van der Waals surface area contributed by atoms with Crippen molar-refractivity contribution in [2.24, 2.45) is 0 Å². The third-order valence-electron chi connectivity index (χ3n) is 4.90. The summed E-state index contributed by atoms with van der Waals surface area (Å²) >= 11 is 0. The highest BCUT2D eigenvalue weighted by molar-refractivity contribution is 6.01. The molecule has 1 N–H and O–H groups in total. The molecule has 0 aliphatic rings. The molecule has 2 aromatic carbocycles. The molecule has 0 saturated carbocycles. The topological polar surface area (TPSA) is 77.5 Å². The number of nitrogens with one attached hydrogen (secondary N) is 1. The zero-order valence-electron chi connectivity index (χ0n) is 18.2. The van der Waals surface area contributed by atoms with Crippen LogP contribution in [0.2, 0.25) is 0 Å². The largest absolute Gasteiger partial charge is 0.463 e. The van der Waals surface area contributed by atoms with E-state index in [1.54, 1.807) is 13.8 Å². The lowest BCUT2D eigenvalue weighted by molar-refractivity contribution is -0.140. The second kappa shape index (κ2) is 10.6. The van der Waals surface area contributed by atoms with Crippen molar-refractivity contribution < 1.29 is 19.1 Å². The minimum atomic E-state index is -0.620. The van der Waals surface area contributed by atoms with E-state index in [1.165, 1.54) is 10.9 Å². The van der Waals surface area contributed by atoms with Gasteiger partial charge in [-0.05, 0) is 50.5 Å². The molecule has 0 aliphatic heterocycles. The molecule has 0 aliphatic carbocycles. The maximum absolute atomic E-state index is 12.3. The van der Waals surface area contributed by atoms with E-state index in [4.69, 9.17) is 14.5 Å². The lowest BCUT2D eigenvalue weighted by atomic mass is 9.98. The first-order chi connectivity index (χ1) is 15.1. The zero-order chi connectivity index (χ0) is 22.2. The number of unbranched alkanes of at least 4 members (excludes halogenated alkanes) is 1. The standard InChI is InChI=1S/C25H28N2O4/c1-4-7-10-18-19-11-8-9-12-21(19)27-22-15-17(13-14-20(18)22)26-23(25(29)31-6-3)16-24(28)30-5-2/h8-9,11-16,26H,4-7,10H2,1-3H3. The summed E-state index contributed by atoms with van der Waals surface area (Å²) in [5.41, 5.74) is 3.70. The van der Waals surface area contributed by atoms with Crippen molar-refractivity contribution in [1.29, 1.82) is 0 Å². The van der Waals surface area contributed by atoms with E-state index in [0.29, 0.717) is 5.69 Å². The van der Waals surface area contributed by atoms with Gasteiger partial charge in [0.15, 0.2) is 0 Å². The summed E-state index contributed by atoms with van der Waals surface area (Å²) in [6.07, 6.45) is 4.30. The molecule has 0 unspecified atom stereocenters. The molecule has 0 fully saturated rings. The summed E-state index contributed by atoms with van der Waals surface area (Å²) < 4.78 is 10.0. The van der Waals surface area contributed by atoms with E-state index in [1.807, 2.05) is 36.4 Å². The molecule has 3 aromatic rings. The van der Waals surface area contributed by atoms with Gasteiger partial charge in [0.1, 0.15) is 5.70 Å². The smallest absolute Gasteiger partial charge is 0.355 e. The molecule has 0 amide bonds. The van der Waals surface area contributed by atoms with Crippen LogP contribution in [0.25, 0.3) is 21.8 Å². The summed E-state index contributed by atoms with van der Waals surface area (Å²) in [5, 5.41) is 5.25. The van der Waals surface area contributed by atoms with Gasteiger partial charge in [-0.25, -0.2) is 14.6 Å². The molecule has 1 heterocycles. The molecule has 0 spiro atoms. The van der Waals surface area contributed by atoms with Crippen LogP contribution in [0.5, 0.6) is 0 Å². The Morgan fingerprint density at radius 3 is 2.45 bits per heavy atom. The van der Waals surface area contributed by atoms with Crippen LogP contribution in [0, 0.1) is 0 Å². The average Bonchev–Trinajstić information content (AvgIpc) is 2.76. The number of hydrogen-bond donors (Lipinski definition) is 1. The first-order valence-corrected chi connectivity index (χ1v) is 10.7. The summed E-state index contributed by atoms with van der Waals surface area (Å²) in [4.78, 5) is 29.0.